The molecular weight excluding hydrogens is 226 g/mol. The van der Waals surface area contributed by atoms with Gasteiger partial charge < -0.3 is 11.1 Å². The minimum atomic E-state index is -0.697. The third-order valence-electron chi connectivity index (χ3n) is 3.05. The summed E-state index contributed by atoms with van der Waals surface area (Å²) in [6.45, 7) is 0.360. The Bertz CT molecular complexity index is 424. The van der Waals surface area contributed by atoms with E-state index in [1.807, 2.05) is 0 Å². The lowest BCUT2D eigenvalue weighted by Gasteiger charge is -2.15. The van der Waals surface area contributed by atoms with Crippen LogP contribution in [0.3, 0.4) is 0 Å². The molecule has 0 unspecified atom stereocenters. The Hall–Kier alpha value is -1.49. The Morgan fingerprint density at radius 3 is 2.41 bits per heavy atom. The average Bonchev–Trinajstić information content (AvgIpc) is 3.04. The molecule has 5 heteroatoms. The Morgan fingerprint density at radius 1 is 1.35 bits per heavy atom. The van der Waals surface area contributed by atoms with Gasteiger partial charge in [-0.1, -0.05) is 6.07 Å². The van der Waals surface area contributed by atoms with Crippen LogP contribution in [0.25, 0.3) is 0 Å². The molecule has 1 saturated carbocycles. The summed E-state index contributed by atoms with van der Waals surface area (Å²) in [5.74, 6) is -1.78. The summed E-state index contributed by atoms with van der Waals surface area (Å²) in [5, 5.41) is 2.72. The second-order valence-electron chi connectivity index (χ2n) is 4.41. The first kappa shape index (κ1) is 12.0. The van der Waals surface area contributed by atoms with Crippen LogP contribution in [-0.4, -0.2) is 18.0 Å². The van der Waals surface area contributed by atoms with Gasteiger partial charge >= 0.3 is 0 Å². The molecule has 3 nitrogen and oxygen atoms in total. The normalized spacial score (nSPS) is 16.6. The zero-order chi connectivity index (χ0) is 12.5. The minimum Gasteiger partial charge on any atom is -0.349 e. The summed E-state index contributed by atoms with van der Waals surface area (Å²) in [7, 11) is 0. The zero-order valence-electron chi connectivity index (χ0n) is 9.30. The average molecular weight is 240 g/mol. The van der Waals surface area contributed by atoms with Crippen LogP contribution < -0.4 is 11.1 Å². The van der Waals surface area contributed by atoms with E-state index in [-0.39, 0.29) is 17.5 Å². The molecule has 0 bridgehead atoms. The van der Waals surface area contributed by atoms with Crippen molar-refractivity contribution in [1.29, 1.82) is 0 Å². The number of hydrogen-bond acceptors (Lipinski definition) is 2. The number of nitrogens with two attached hydrogens (primary N) is 1. The number of amides is 1. The number of carbonyl (C=O) groups excluding carboxylic acids is 1. The molecule has 1 amide bonds. The fourth-order valence-electron chi connectivity index (χ4n) is 1.73. The molecule has 17 heavy (non-hydrogen) atoms. The van der Waals surface area contributed by atoms with E-state index in [1.165, 1.54) is 6.07 Å². The van der Waals surface area contributed by atoms with Crippen molar-refractivity contribution in [3.63, 3.8) is 0 Å². The summed E-state index contributed by atoms with van der Waals surface area (Å²) in [6.07, 6.45) is 1.37. The molecule has 2 rings (SSSR count). The van der Waals surface area contributed by atoms with Gasteiger partial charge in [-0.05, 0) is 25.0 Å². The molecule has 1 aliphatic carbocycles. The van der Waals surface area contributed by atoms with E-state index in [1.54, 1.807) is 0 Å². The molecule has 1 aliphatic rings. The molecule has 1 aromatic rings. The molecule has 0 aromatic heterocycles. The summed E-state index contributed by atoms with van der Waals surface area (Å²) in [6, 6.07) is 3.55. The number of rotatable bonds is 4. The highest BCUT2D eigenvalue weighted by Crippen LogP contribution is 2.33. The predicted octanol–water partition coefficient (Wildman–Crippen LogP) is 1.11. The van der Waals surface area contributed by atoms with Gasteiger partial charge in [0.1, 0.15) is 11.6 Å². The maximum absolute atomic E-state index is 13.3. The summed E-state index contributed by atoms with van der Waals surface area (Å²) >= 11 is 0. The quantitative estimate of drug-likeness (QED) is 0.828. The molecule has 1 fully saturated rings. The highest BCUT2D eigenvalue weighted by atomic mass is 19.1. The molecule has 3 N–H and O–H groups in total. The van der Waals surface area contributed by atoms with Crippen LogP contribution >= 0.6 is 0 Å². The van der Waals surface area contributed by atoms with Crippen molar-refractivity contribution in [2.45, 2.75) is 24.8 Å². The van der Waals surface area contributed by atoms with E-state index in [4.69, 9.17) is 5.73 Å². The maximum Gasteiger partial charge on any atom is 0.225 e. The number of hydrogen-bond donors (Lipinski definition) is 2. The van der Waals surface area contributed by atoms with E-state index in [2.05, 4.69) is 5.32 Å². The highest BCUT2D eigenvalue weighted by molar-refractivity contribution is 5.80. The lowest BCUT2D eigenvalue weighted by atomic mass is 10.1. The number of nitrogens with one attached hydrogen (secondary N) is 1. The zero-order valence-corrected chi connectivity index (χ0v) is 9.30. The molecule has 0 radical (unpaired) electrons. The van der Waals surface area contributed by atoms with Crippen molar-refractivity contribution in [3.8, 4) is 0 Å². The number of benzene rings is 1. The van der Waals surface area contributed by atoms with Crippen LogP contribution in [0.5, 0.6) is 0 Å². The molecule has 0 atom stereocenters. The first-order valence-electron chi connectivity index (χ1n) is 5.50. The van der Waals surface area contributed by atoms with Crippen LogP contribution in [-0.2, 0) is 11.2 Å². The van der Waals surface area contributed by atoms with Gasteiger partial charge in [0.25, 0.3) is 0 Å². The van der Waals surface area contributed by atoms with Crippen LogP contribution in [0.2, 0.25) is 0 Å². The van der Waals surface area contributed by atoms with Crippen molar-refractivity contribution < 1.29 is 13.6 Å². The minimum absolute atomic E-state index is 0.196. The van der Waals surface area contributed by atoms with Gasteiger partial charge in [-0.2, -0.15) is 0 Å². The van der Waals surface area contributed by atoms with Crippen LogP contribution in [0.15, 0.2) is 18.2 Å². The van der Waals surface area contributed by atoms with Crippen molar-refractivity contribution in [2.75, 3.05) is 6.54 Å². The van der Waals surface area contributed by atoms with Gasteiger partial charge in [0.15, 0.2) is 0 Å². The predicted molar refractivity (Wildman–Crippen MR) is 59.2 cm³/mol. The molecule has 0 spiro atoms. The monoisotopic (exact) mass is 240 g/mol. The van der Waals surface area contributed by atoms with Gasteiger partial charge in [-0.25, -0.2) is 8.78 Å². The highest BCUT2D eigenvalue weighted by Gasteiger charge is 2.42. The Balaban J connectivity index is 2.03. The van der Waals surface area contributed by atoms with Crippen molar-refractivity contribution in [3.05, 3.63) is 35.4 Å². The smallest absolute Gasteiger partial charge is 0.225 e. The van der Waals surface area contributed by atoms with Gasteiger partial charge in [-0.3, -0.25) is 4.79 Å². The molecule has 92 valence electrons. The number of halogens is 2. The van der Waals surface area contributed by atoms with Crippen LogP contribution in [0.1, 0.15) is 18.4 Å². The fourth-order valence-corrected chi connectivity index (χ4v) is 1.73. The molecule has 1 aromatic carbocycles. The third-order valence-corrected chi connectivity index (χ3v) is 3.05. The van der Waals surface area contributed by atoms with Gasteiger partial charge in [0.05, 0.1) is 12.0 Å². The largest absolute Gasteiger partial charge is 0.349 e. The van der Waals surface area contributed by atoms with Crippen molar-refractivity contribution >= 4 is 5.91 Å². The molecule has 0 saturated heterocycles. The topological polar surface area (TPSA) is 55.1 Å². The van der Waals surface area contributed by atoms with E-state index in [0.29, 0.717) is 6.54 Å². The third kappa shape index (κ3) is 2.61. The fraction of sp³-hybridized carbons (Fsp3) is 0.417. The maximum atomic E-state index is 13.3. The van der Waals surface area contributed by atoms with Gasteiger partial charge in [0, 0.05) is 12.1 Å². The Kier molecular flexibility index (Phi) is 3.11. The first-order valence-corrected chi connectivity index (χ1v) is 5.50. The van der Waals surface area contributed by atoms with Crippen molar-refractivity contribution in [2.24, 2.45) is 5.73 Å². The van der Waals surface area contributed by atoms with Crippen LogP contribution in [0, 0.1) is 11.6 Å². The Morgan fingerprint density at radius 2 is 1.94 bits per heavy atom. The van der Waals surface area contributed by atoms with E-state index in [9.17, 15) is 13.6 Å². The standard InChI is InChI=1S/C12H14F2N2O/c13-9-2-1-3-10(14)8(9)6-11(17)16-12(7-15)4-5-12/h1-3H,4-7,15H2,(H,16,17). The number of carbonyl (C=O) groups is 1. The van der Waals surface area contributed by atoms with E-state index >= 15 is 0 Å². The molecule has 0 aliphatic heterocycles. The van der Waals surface area contributed by atoms with Crippen LogP contribution in [0.4, 0.5) is 8.78 Å². The second kappa shape index (κ2) is 4.41. The second-order valence-corrected chi connectivity index (χ2v) is 4.41. The SMILES string of the molecule is NCC1(NC(=O)Cc2c(F)cccc2F)CC1. The van der Waals surface area contributed by atoms with Gasteiger partial charge in [-0.15, -0.1) is 0 Å². The van der Waals surface area contributed by atoms with E-state index < -0.39 is 17.5 Å². The summed E-state index contributed by atoms with van der Waals surface area (Å²) < 4.78 is 26.6. The summed E-state index contributed by atoms with van der Waals surface area (Å²) in [5.41, 5.74) is 4.98. The van der Waals surface area contributed by atoms with E-state index in [0.717, 1.165) is 25.0 Å². The lowest BCUT2D eigenvalue weighted by Crippen LogP contribution is -2.43. The summed E-state index contributed by atoms with van der Waals surface area (Å²) in [4.78, 5) is 11.6. The molecule has 0 heterocycles. The van der Waals surface area contributed by atoms with Gasteiger partial charge in [0.2, 0.25) is 5.91 Å². The van der Waals surface area contributed by atoms with Crippen molar-refractivity contribution in [1.82, 2.24) is 5.32 Å². The first-order chi connectivity index (χ1) is 8.06. The molecular formula is C12H14F2N2O. The Labute approximate surface area is 98.0 Å². The lowest BCUT2D eigenvalue weighted by molar-refractivity contribution is -0.121.